The first-order chi connectivity index (χ1) is 9.45. The molecule has 0 aliphatic carbocycles. The molecule has 2 atom stereocenters. The molecule has 1 aromatic rings. The molecule has 0 saturated heterocycles. The number of carbonyl (C=O) groups excluding carboxylic acids is 1. The Balaban J connectivity index is 3.08. The van der Waals surface area contributed by atoms with Gasteiger partial charge in [-0.05, 0) is 32.9 Å². The van der Waals surface area contributed by atoms with Gasteiger partial charge in [0.15, 0.2) is 0 Å². The lowest BCUT2D eigenvalue weighted by Gasteiger charge is -2.28. The van der Waals surface area contributed by atoms with Gasteiger partial charge >= 0.3 is 5.97 Å². The molecule has 5 nitrogen and oxygen atoms in total. The summed E-state index contributed by atoms with van der Waals surface area (Å²) in [6.45, 7) is 6.07. The topological polar surface area (TPSA) is 70.0 Å². The number of carbonyl (C=O) groups is 1. The van der Waals surface area contributed by atoms with Crippen LogP contribution in [0.2, 0.25) is 0 Å². The number of benzene rings is 1. The van der Waals surface area contributed by atoms with Crippen molar-refractivity contribution in [2.24, 2.45) is 0 Å². The molecule has 0 aromatic heterocycles. The van der Waals surface area contributed by atoms with E-state index in [1.54, 1.807) is 43.9 Å². The minimum absolute atomic E-state index is 0.306. The fraction of sp³-hybridized carbons (Fsp3) is 0.533. The van der Waals surface area contributed by atoms with Crippen LogP contribution in [0.15, 0.2) is 24.3 Å². The van der Waals surface area contributed by atoms with Crippen LogP contribution in [-0.2, 0) is 4.74 Å². The fourth-order valence-corrected chi connectivity index (χ4v) is 2.04. The van der Waals surface area contributed by atoms with Crippen LogP contribution in [-0.4, -0.2) is 48.1 Å². The van der Waals surface area contributed by atoms with Crippen LogP contribution in [0, 0.1) is 0 Å². The predicted octanol–water partition coefficient (Wildman–Crippen LogP) is 1.43. The van der Waals surface area contributed by atoms with Gasteiger partial charge < -0.3 is 19.8 Å². The quantitative estimate of drug-likeness (QED) is 0.740. The Labute approximate surface area is 119 Å². The molecule has 5 heteroatoms. The second-order valence-electron chi connectivity index (χ2n) is 4.84. The van der Waals surface area contributed by atoms with E-state index in [0.29, 0.717) is 30.9 Å². The predicted molar refractivity (Wildman–Crippen MR) is 78.0 cm³/mol. The zero-order valence-corrected chi connectivity index (χ0v) is 12.2. The smallest absolute Gasteiger partial charge is 0.340 e. The Morgan fingerprint density at radius 3 is 2.25 bits per heavy atom. The lowest BCUT2D eigenvalue weighted by Crippen LogP contribution is -2.37. The molecule has 0 aliphatic rings. The Kier molecular flexibility index (Phi) is 6.48. The first-order valence-corrected chi connectivity index (χ1v) is 6.83. The van der Waals surface area contributed by atoms with Crippen molar-refractivity contribution < 1.29 is 19.7 Å². The first kappa shape index (κ1) is 16.5. The van der Waals surface area contributed by atoms with Crippen molar-refractivity contribution in [3.05, 3.63) is 29.8 Å². The van der Waals surface area contributed by atoms with E-state index in [-0.39, 0.29) is 0 Å². The van der Waals surface area contributed by atoms with E-state index < -0.39 is 18.2 Å². The number of aliphatic hydroxyl groups is 2. The molecule has 0 amide bonds. The van der Waals surface area contributed by atoms with Gasteiger partial charge in [0, 0.05) is 13.1 Å². The summed E-state index contributed by atoms with van der Waals surface area (Å²) >= 11 is 0. The van der Waals surface area contributed by atoms with Crippen molar-refractivity contribution in [3.63, 3.8) is 0 Å². The molecule has 0 bridgehead atoms. The highest BCUT2D eigenvalue weighted by molar-refractivity contribution is 5.95. The van der Waals surface area contributed by atoms with Crippen molar-refractivity contribution in [2.75, 3.05) is 24.6 Å². The summed E-state index contributed by atoms with van der Waals surface area (Å²) in [5.74, 6) is -0.399. The van der Waals surface area contributed by atoms with Gasteiger partial charge in [0.05, 0.1) is 30.1 Å². The van der Waals surface area contributed by atoms with Crippen LogP contribution in [0.25, 0.3) is 0 Å². The number of para-hydroxylation sites is 1. The third kappa shape index (κ3) is 4.83. The number of nitrogens with zero attached hydrogens (tertiary/aromatic N) is 1. The first-order valence-electron chi connectivity index (χ1n) is 6.83. The number of hydrogen-bond donors (Lipinski definition) is 2. The van der Waals surface area contributed by atoms with Gasteiger partial charge in [-0.25, -0.2) is 4.79 Å². The fourth-order valence-electron chi connectivity index (χ4n) is 2.04. The molecule has 0 saturated carbocycles. The summed E-state index contributed by atoms with van der Waals surface area (Å²) < 4.78 is 5.04. The molecular weight excluding hydrogens is 258 g/mol. The highest BCUT2D eigenvalue weighted by atomic mass is 16.5. The van der Waals surface area contributed by atoms with Crippen LogP contribution in [0.4, 0.5) is 5.69 Å². The molecule has 0 radical (unpaired) electrons. The normalized spacial score (nSPS) is 13.7. The molecule has 2 N–H and O–H groups in total. The summed E-state index contributed by atoms with van der Waals surface area (Å²) in [6, 6.07) is 7.05. The summed E-state index contributed by atoms with van der Waals surface area (Å²) in [5, 5.41) is 19.2. The average Bonchev–Trinajstić information content (AvgIpc) is 2.37. The van der Waals surface area contributed by atoms with Gasteiger partial charge in [0.25, 0.3) is 0 Å². The second-order valence-corrected chi connectivity index (χ2v) is 4.84. The molecule has 20 heavy (non-hydrogen) atoms. The standard InChI is InChI=1S/C15H23NO4/c1-4-20-15(19)13-7-5-6-8-14(13)16(9-11(2)17)10-12(3)18/h5-8,11-12,17-18H,4,9-10H2,1-3H3. The maximum atomic E-state index is 12.0. The number of hydrogen-bond acceptors (Lipinski definition) is 5. The molecule has 0 aliphatic heterocycles. The Morgan fingerprint density at radius 1 is 1.20 bits per heavy atom. The van der Waals surface area contributed by atoms with Gasteiger partial charge in [0.2, 0.25) is 0 Å². The lowest BCUT2D eigenvalue weighted by atomic mass is 10.1. The van der Waals surface area contributed by atoms with E-state index in [0.717, 1.165) is 0 Å². The third-order valence-electron chi connectivity index (χ3n) is 2.71. The Bertz CT molecular complexity index is 422. The SMILES string of the molecule is CCOC(=O)c1ccccc1N(CC(C)O)CC(C)O. The highest BCUT2D eigenvalue weighted by Gasteiger charge is 2.19. The van der Waals surface area contributed by atoms with Crippen molar-refractivity contribution in [3.8, 4) is 0 Å². The number of aliphatic hydroxyl groups excluding tert-OH is 2. The lowest BCUT2D eigenvalue weighted by molar-refractivity contribution is 0.0526. The number of anilines is 1. The summed E-state index contributed by atoms with van der Waals surface area (Å²) in [4.78, 5) is 13.8. The van der Waals surface area contributed by atoms with Crippen LogP contribution in [0.5, 0.6) is 0 Å². The van der Waals surface area contributed by atoms with Crippen LogP contribution in [0.1, 0.15) is 31.1 Å². The molecular formula is C15H23NO4. The van der Waals surface area contributed by atoms with Gasteiger partial charge in [-0.3, -0.25) is 0 Å². The van der Waals surface area contributed by atoms with Crippen LogP contribution in [0.3, 0.4) is 0 Å². The van der Waals surface area contributed by atoms with E-state index in [4.69, 9.17) is 4.74 Å². The second kappa shape index (κ2) is 7.87. The monoisotopic (exact) mass is 281 g/mol. The molecule has 0 fully saturated rings. The maximum absolute atomic E-state index is 12.0. The molecule has 0 heterocycles. The Hall–Kier alpha value is -1.59. The van der Waals surface area contributed by atoms with Gasteiger partial charge in [-0.15, -0.1) is 0 Å². The van der Waals surface area contributed by atoms with Crippen LogP contribution >= 0.6 is 0 Å². The van der Waals surface area contributed by atoms with Crippen molar-refractivity contribution >= 4 is 11.7 Å². The van der Waals surface area contributed by atoms with E-state index in [9.17, 15) is 15.0 Å². The van der Waals surface area contributed by atoms with E-state index in [1.165, 1.54) is 0 Å². The summed E-state index contributed by atoms with van der Waals surface area (Å²) in [6.07, 6.45) is -1.13. The summed E-state index contributed by atoms with van der Waals surface area (Å²) in [7, 11) is 0. The molecule has 2 unspecified atom stereocenters. The van der Waals surface area contributed by atoms with Crippen molar-refractivity contribution in [1.29, 1.82) is 0 Å². The zero-order valence-electron chi connectivity index (χ0n) is 12.2. The van der Waals surface area contributed by atoms with Gasteiger partial charge in [0.1, 0.15) is 0 Å². The minimum atomic E-state index is -0.566. The van der Waals surface area contributed by atoms with Crippen LogP contribution < -0.4 is 4.90 Å². The van der Waals surface area contributed by atoms with Gasteiger partial charge in [-0.2, -0.15) is 0 Å². The summed E-state index contributed by atoms with van der Waals surface area (Å²) in [5.41, 5.74) is 1.10. The minimum Gasteiger partial charge on any atom is -0.462 e. The van der Waals surface area contributed by atoms with Gasteiger partial charge in [-0.1, -0.05) is 12.1 Å². The molecule has 112 valence electrons. The number of rotatable bonds is 7. The number of ether oxygens (including phenoxy) is 1. The van der Waals surface area contributed by atoms with E-state index >= 15 is 0 Å². The highest BCUT2D eigenvalue weighted by Crippen LogP contribution is 2.22. The van der Waals surface area contributed by atoms with E-state index in [1.807, 2.05) is 6.07 Å². The van der Waals surface area contributed by atoms with E-state index in [2.05, 4.69) is 0 Å². The molecule has 0 spiro atoms. The largest absolute Gasteiger partial charge is 0.462 e. The molecule has 1 rings (SSSR count). The van der Waals surface area contributed by atoms with Crippen molar-refractivity contribution in [2.45, 2.75) is 33.0 Å². The Morgan fingerprint density at radius 2 is 1.75 bits per heavy atom. The average molecular weight is 281 g/mol. The maximum Gasteiger partial charge on any atom is 0.340 e. The molecule has 1 aromatic carbocycles. The third-order valence-corrected chi connectivity index (χ3v) is 2.71. The number of esters is 1. The van der Waals surface area contributed by atoms with Crippen molar-refractivity contribution in [1.82, 2.24) is 0 Å². The zero-order chi connectivity index (χ0) is 15.1.